The first-order chi connectivity index (χ1) is 12.6. The Morgan fingerprint density at radius 1 is 1.15 bits per heavy atom. The molecule has 2 heterocycles. The lowest BCUT2D eigenvalue weighted by molar-refractivity contribution is -0.0284. The molecular formula is C19H23N3O4. The molecule has 2 aromatic rings. The summed E-state index contributed by atoms with van der Waals surface area (Å²) in [5.41, 5.74) is 1.02. The van der Waals surface area contributed by atoms with Crippen LogP contribution >= 0.6 is 0 Å². The lowest BCUT2D eigenvalue weighted by Crippen LogP contribution is -2.22. The summed E-state index contributed by atoms with van der Waals surface area (Å²) in [6.07, 6.45) is 5.42. The van der Waals surface area contributed by atoms with Crippen molar-refractivity contribution in [1.29, 1.82) is 0 Å². The number of nitrogens with zero attached hydrogens (tertiary/aromatic N) is 3. The zero-order valence-electron chi connectivity index (χ0n) is 15.3. The van der Waals surface area contributed by atoms with Crippen molar-refractivity contribution in [2.24, 2.45) is 5.16 Å². The fraction of sp³-hybridized carbons (Fsp3) is 0.526. The van der Waals surface area contributed by atoms with E-state index in [1.54, 1.807) is 14.0 Å². The number of methoxy groups -OCH3 is 1. The third-order valence-corrected chi connectivity index (χ3v) is 4.93. The third-order valence-electron chi connectivity index (χ3n) is 4.93. The normalized spacial score (nSPS) is 23.0. The molecule has 0 saturated heterocycles. The minimum Gasteiger partial charge on any atom is -0.493 e. The summed E-state index contributed by atoms with van der Waals surface area (Å²) in [7, 11) is 1.65. The van der Waals surface area contributed by atoms with Crippen LogP contribution in [0.2, 0.25) is 0 Å². The van der Waals surface area contributed by atoms with E-state index in [0.717, 1.165) is 35.6 Å². The Bertz CT molecular complexity index is 826. The molecule has 2 aliphatic rings. The van der Waals surface area contributed by atoms with Crippen LogP contribution in [0.5, 0.6) is 11.5 Å². The monoisotopic (exact) mass is 357 g/mol. The van der Waals surface area contributed by atoms with Crippen LogP contribution in [0.3, 0.4) is 0 Å². The average Bonchev–Trinajstić information content (AvgIpc) is 3.37. The number of aromatic nitrogens is 2. The molecule has 7 heteroatoms. The lowest BCUT2D eigenvalue weighted by Gasteiger charge is -2.17. The zero-order chi connectivity index (χ0) is 18.1. The largest absolute Gasteiger partial charge is 0.493 e. The molecule has 1 aromatic heterocycles. The molecule has 1 fully saturated rings. The number of oxime groups is 1. The molecule has 1 aromatic carbocycles. The van der Waals surface area contributed by atoms with Crippen LogP contribution in [0.25, 0.3) is 0 Å². The summed E-state index contributed by atoms with van der Waals surface area (Å²) >= 11 is 0. The number of aryl methyl sites for hydroxylation is 1. The fourth-order valence-corrected chi connectivity index (χ4v) is 3.45. The van der Waals surface area contributed by atoms with Gasteiger partial charge in [0.1, 0.15) is 0 Å². The quantitative estimate of drug-likeness (QED) is 0.811. The molecule has 7 nitrogen and oxygen atoms in total. The Morgan fingerprint density at radius 3 is 2.65 bits per heavy atom. The van der Waals surface area contributed by atoms with Crippen LogP contribution in [0, 0.1) is 6.92 Å². The first-order valence-corrected chi connectivity index (χ1v) is 8.98. The standard InChI is InChI=1S/C19H23N3O4/c1-12-20-21-18(24-12)19(2)11-15(22-26-19)13-8-9-16(23-3)17(10-13)25-14-6-4-5-7-14/h8-10,14H,4-7,11H2,1-3H3. The van der Waals surface area contributed by atoms with Gasteiger partial charge in [-0.3, -0.25) is 0 Å². The number of ether oxygens (including phenoxy) is 2. The first-order valence-electron chi connectivity index (χ1n) is 8.98. The van der Waals surface area contributed by atoms with Crippen molar-refractivity contribution in [3.63, 3.8) is 0 Å². The average molecular weight is 357 g/mol. The Balaban J connectivity index is 1.56. The van der Waals surface area contributed by atoms with E-state index in [0.29, 0.717) is 18.2 Å². The van der Waals surface area contributed by atoms with Crippen molar-refractivity contribution in [3.8, 4) is 11.5 Å². The minimum atomic E-state index is -0.747. The number of benzene rings is 1. The minimum absolute atomic E-state index is 0.257. The maximum Gasteiger partial charge on any atom is 0.263 e. The maximum atomic E-state index is 6.18. The summed E-state index contributed by atoms with van der Waals surface area (Å²) in [4.78, 5) is 5.66. The molecule has 1 saturated carbocycles. The lowest BCUT2D eigenvalue weighted by atomic mass is 9.95. The zero-order valence-corrected chi connectivity index (χ0v) is 15.3. The molecule has 1 aliphatic heterocycles. The summed E-state index contributed by atoms with van der Waals surface area (Å²) in [5.74, 6) is 2.43. The highest BCUT2D eigenvalue weighted by Gasteiger charge is 2.41. The summed E-state index contributed by atoms with van der Waals surface area (Å²) in [6, 6.07) is 5.85. The molecule has 4 rings (SSSR count). The molecule has 0 N–H and O–H groups in total. The van der Waals surface area contributed by atoms with Gasteiger partial charge in [-0.15, -0.1) is 10.2 Å². The van der Waals surface area contributed by atoms with Gasteiger partial charge >= 0.3 is 0 Å². The topological polar surface area (TPSA) is 79.0 Å². The van der Waals surface area contributed by atoms with Crippen molar-refractivity contribution in [3.05, 3.63) is 35.5 Å². The summed E-state index contributed by atoms with van der Waals surface area (Å²) in [6.45, 7) is 3.66. The Labute approximate surface area is 152 Å². The second kappa shape index (κ2) is 6.63. The van der Waals surface area contributed by atoms with Crippen LogP contribution in [-0.2, 0) is 10.4 Å². The molecule has 0 spiro atoms. The van der Waals surface area contributed by atoms with Crippen LogP contribution < -0.4 is 9.47 Å². The van der Waals surface area contributed by atoms with Crippen LogP contribution in [0.1, 0.15) is 56.4 Å². The number of hydrogen-bond donors (Lipinski definition) is 0. The van der Waals surface area contributed by atoms with Gasteiger partial charge in [-0.25, -0.2) is 0 Å². The molecule has 1 unspecified atom stereocenters. The van der Waals surface area contributed by atoms with E-state index >= 15 is 0 Å². The number of rotatable bonds is 5. The number of hydrogen-bond acceptors (Lipinski definition) is 7. The van der Waals surface area contributed by atoms with E-state index in [9.17, 15) is 0 Å². The van der Waals surface area contributed by atoms with E-state index in [-0.39, 0.29) is 6.10 Å². The SMILES string of the molecule is COc1ccc(C2=NOC(C)(c3nnc(C)o3)C2)cc1OC1CCCC1. The molecule has 0 radical (unpaired) electrons. The molecule has 1 aliphatic carbocycles. The van der Waals surface area contributed by atoms with Gasteiger partial charge in [-0.05, 0) is 50.8 Å². The smallest absolute Gasteiger partial charge is 0.263 e. The van der Waals surface area contributed by atoms with Crippen LogP contribution in [-0.4, -0.2) is 29.1 Å². The van der Waals surface area contributed by atoms with E-state index < -0.39 is 5.60 Å². The predicted octanol–water partition coefficient (Wildman–Crippen LogP) is 3.75. The van der Waals surface area contributed by atoms with Crippen LogP contribution in [0.4, 0.5) is 0 Å². The molecular weight excluding hydrogens is 334 g/mol. The third kappa shape index (κ3) is 3.13. The Kier molecular flexibility index (Phi) is 4.30. The maximum absolute atomic E-state index is 6.18. The van der Waals surface area contributed by atoms with E-state index in [1.807, 2.05) is 25.1 Å². The van der Waals surface area contributed by atoms with Gasteiger partial charge in [-0.1, -0.05) is 5.16 Å². The highest BCUT2D eigenvalue weighted by molar-refractivity contribution is 6.02. The van der Waals surface area contributed by atoms with Crippen molar-refractivity contribution >= 4 is 5.71 Å². The van der Waals surface area contributed by atoms with Crippen molar-refractivity contribution in [2.45, 2.75) is 57.7 Å². The van der Waals surface area contributed by atoms with Gasteiger partial charge in [0, 0.05) is 18.9 Å². The summed E-state index contributed by atoms with van der Waals surface area (Å²) in [5, 5.41) is 12.2. The van der Waals surface area contributed by atoms with E-state index in [4.69, 9.17) is 18.7 Å². The second-order valence-corrected chi connectivity index (χ2v) is 7.05. The van der Waals surface area contributed by atoms with Gasteiger partial charge in [0.05, 0.1) is 18.9 Å². The van der Waals surface area contributed by atoms with E-state index in [2.05, 4.69) is 15.4 Å². The van der Waals surface area contributed by atoms with Gasteiger partial charge < -0.3 is 18.7 Å². The summed E-state index contributed by atoms with van der Waals surface area (Å²) < 4.78 is 17.2. The van der Waals surface area contributed by atoms with Crippen molar-refractivity contribution in [1.82, 2.24) is 10.2 Å². The predicted molar refractivity (Wildman–Crippen MR) is 94.5 cm³/mol. The van der Waals surface area contributed by atoms with Gasteiger partial charge in [-0.2, -0.15) is 0 Å². The molecule has 0 amide bonds. The highest BCUT2D eigenvalue weighted by Crippen LogP contribution is 2.38. The molecule has 138 valence electrons. The second-order valence-electron chi connectivity index (χ2n) is 7.05. The van der Waals surface area contributed by atoms with Crippen molar-refractivity contribution < 1.29 is 18.7 Å². The van der Waals surface area contributed by atoms with Gasteiger partial charge in [0.15, 0.2) is 11.5 Å². The Morgan fingerprint density at radius 2 is 1.96 bits per heavy atom. The van der Waals surface area contributed by atoms with E-state index in [1.165, 1.54) is 12.8 Å². The highest BCUT2D eigenvalue weighted by atomic mass is 16.7. The van der Waals surface area contributed by atoms with Gasteiger partial charge in [0.25, 0.3) is 5.89 Å². The Hall–Kier alpha value is -2.57. The van der Waals surface area contributed by atoms with Crippen molar-refractivity contribution in [2.75, 3.05) is 7.11 Å². The van der Waals surface area contributed by atoms with Gasteiger partial charge in [0.2, 0.25) is 11.5 Å². The molecule has 26 heavy (non-hydrogen) atoms. The fourth-order valence-electron chi connectivity index (χ4n) is 3.45. The molecule has 1 atom stereocenters. The van der Waals surface area contributed by atoms with Crippen LogP contribution in [0.15, 0.2) is 27.8 Å². The molecule has 0 bridgehead atoms. The first kappa shape index (κ1) is 16.9.